The first-order chi connectivity index (χ1) is 13.4. The first-order valence-electron chi connectivity index (χ1n) is 9.91. The van der Waals surface area contributed by atoms with E-state index in [2.05, 4.69) is 10.1 Å². The fourth-order valence-electron chi connectivity index (χ4n) is 3.63. The highest BCUT2D eigenvalue weighted by Crippen LogP contribution is 2.21. The van der Waals surface area contributed by atoms with Crippen molar-refractivity contribution in [2.45, 2.75) is 52.7 Å². The number of amides is 2. The molecular weight excluding hydrogens is 354 g/mol. The summed E-state index contributed by atoms with van der Waals surface area (Å²) in [6, 6.07) is 5.78. The van der Waals surface area contributed by atoms with Crippen molar-refractivity contribution < 1.29 is 9.59 Å². The van der Waals surface area contributed by atoms with E-state index < -0.39 is 0 Å². The van der Waals surface area contributed by atoms with Crippen LogP contribution in [0.3, 0.4) is 0 Å². The van der Waals surface area contributed by atoms with Crippen molar-refractivity contribution in [1.29, 1.82) is 0 Å². The fraction of sp³-hybridized carbons (Fsp3) is 0.524. The molecule has 2 aromatic rings. The molecule has 1 saturated heterocycles. The molecule has 1 aliphatic heterocycles. The molecule has 0 spiro atoms. The van der Waals surface area contributed by atoms with E-state index in [1.807, 2.05) is 55.0 Å². The van der Waals surface area contributed by atoms with Gasteiger partial charge in [-0.1, -0.05) is 19.9 Å². The SMILES string of the molecule is Cc1ccn(CC(=O)N2CCCC(N(Cc3cccnc3)C(=O)C(C)C)C2)n1. The minimum absolute atomic E-state index is 0.0205. The largest absolute Gasteiger partial charge is 0.339 e. The van der Waals surface area contributed by atoms with Gasteiger partial charge < -0.3 is 9.80 Å². The third-order valence-electron chi connectivity index (χ3n) is 5.11. The average molecular weight is 383 g/mol. The second-order valence-corrected chi connectivity index (χ2v) is 7.77. The monoisotopic (exact) mass is 383 g/mol. The number of hydrogen-bond acceptors (Lipinski definition) is 4. The number of nitrogens with zero attached hydrogens (tertiary/aromatic N) is 5. The molecule has 7 nitrogen and oxygen atoms in total. The first kappa shape index (κ1) is 20.0. The van der Waals surface area contributed by atoms with Gasteiger partial charge in [0.25, 0.3) is 0 Å². The van der Waals surface area contributed by atoms with Gasteiger partial charge in [-0.05, 0) is 37.5 Å². The Hall–Kier alpha value is -2.70. The second-order valence-electron chi connectivity index (χ2n) is 7.77. The summed E-state index contributed by atoms with van der Waals surface area (Å²) < 4.78 is 1.67. The number of rotatable bonds is 6. The van der Waals surface area contributed by atoms with E-state index in [4.69, 9.17) is 0 Å². The van der Waals surface area contributed by atoms with Crippen LogP contribution in [0.5, 0.6) is 0 Å². The number of aryl methyl sites for hydroxylation is 1. The summed E-state index contributed by atoms with van der Waals surface area (Å²) in [4.78, 5) is 33.6. The van der Waals surface area contributed by atoms with Crippen LogP contribution < -0.4 is 0 Å². The van der Waals surface area contributed by atoms with E-state index in [1.165, 1.54) is 0 Å². The molecule has 0 saturated carbocycles. The molecule has 0 aromatic carbocycles. The van der Waals surface area contributed by atoms with Gasteiger partial charge in [0, 0.05) is 50.2 Å². The lowest BCUT2D eigenvalue weighted by Crippen LogP contribution is -2.52. The highest BCUT2D eigenvalue weighted by atomic mass is 16.2. The zero-order chi connectivity index (χ0) is 20.1. The zero-order valence-electron chi connectivity index (χ0n) is 16.9. The predicted molar refractivity (Wildman–Crippen MR) is 106 cm³/mol. The Morgan fingerprint density at radius 3 is 2.79 bits per heavy atom. The zero-order valence-corrected chi connectivity index (χ0v) is 16.9. The van der Waals surface area contributed by atoms with Crippen molar-refractivity contribution in [2.24, 2.45) is 5.92 Å². The van der Waals surface area contributed by atoms with Gasteiger partial charge in [0.15, 0.2) is 0 Å². The van der Waals surface area contributed by atoms with E-state index in [1.54, 1.807) is 17.1 Å². The fourth-order valence-corrected chi connectivity index (χ4v) is 3.63. The van der Waals surface area contributed by atoms with Crippen LogP contribution in [0, 0.1) is 12.8 Å². The minimum atomic E-state index is -0.0881. The van der Waals surface area contributed by atoms with Crippen molar-refractivity contribution in [2.75, 3.05) is 13.1 Å². The van der Waals surface area contributed by atoms with Gasteiger partial charge in [-0.25, -0.2) is 0 Å². The summed E-state index contributed by atoms with van der Waals surface area (Å²) in [5.74, 6) is 0.0757. The number of carbonyl (C=O) groups excluding carboxylic acids is 2. The lowest BCUT2D eigenvalue weighted by molar-refractivity contribution is -0.142. The van der Waals surface area contributed by atoms with Gasteiger partial charge in [-0.2, -0.15) is 5.10 Å². The molecule has 1 fully saturated rings. The minimum Gasteiger partial charge on any atom is -0.339 e. The lowest BCUT2D eigenvalue weighted by Gasteiger charge is -2.40. The van der Waals surface area contributed by atoms with Crippen LogP contribution in [0.25, 0.3) is 0 Å². The van der Waals surface area contributed by atoms with Crippen LogP contribution >= 0.6 is 0 Å². The Balaban J connectivity index is 1.70. The highest BCUT2D eigenvalue weighted by molar-refractivity contribution is 5.79. The predicted octanol–water partition coefficient (Wildman–Crippen LogP) is 2.26. The topological polar surface area (TPSA) is 71.3 Å². The number of likely N-dealkylation sites (tertiary alicyclic amines) is 1. The smallest absolute Gasteiger partial charge is 0.244 e. The van der Waals surface area contributed by atoms with Crippen LogP contribution in [0.4, 0.5) is 0 Å². The van der Waals surface area contributed by atoms with Gasteiger partial charge in [0.1, 0.15) is 6.54 Å². The molecule has 7 heteroatoms. The molecule has 3 rings (SSSR count). The van der Waals surface area contributed by atoms with E-state index in [0.29, 0.717) is 13.1 Å². The molecule has 1 atom stereocenters. The van der Waals surface area contributed by atoms with Crippen LogP contribution in [-0.2, 0) is 22.7 Å². The Morgan fingerprint density at radius 1 is 1.32 bits per heavy atom. The molecule has 0 aliphatic carbocycles. The quantitative estimate of drug-likeness (QED) is 0.767. The number of pyridine rings is 1. The Kier molecular flexibility index (Phi) is 6.44. The summed E-state index contributed by atoms with van der Waals surface area (Å²) in [5, 5.41) is 4.30. The molecule has 0 radical (unpaired) electrons. The molecule has 0 bridgehead atoms. The molecular formula is C21H29N5O2. The third kappa shape index (κ3) is 4.97. The van der Waals surface area contributed by atoms with Crippen LogP contribution in [0.15, 0.2) is 36.8 Å². The van der Waals surface area contributed by atoms with Crippen LogP contribution in [0.2, 0.25) is 0 Å². The van der Waals surface area contributed by atoms with Gasteiger partial charge in [0.2, 0.25) is 11.8 Å². The summed E-state index contributed by atoms with van der Waals surface area (Å²) in [7, 11) is 0. The maximum Gasteiger partial charge on any atom is 0.244 e. The second kappa shape index (κ2) is 8.99. The normalized spacial score (nSPS) is 17.0. The van der Waals surface area contributed by atoms with Crippen molar-refractivity contribution in [1.82, 2.24) is 24.6 Å². The van der Waals surface area contributed by atoms with E-state index >= 15 is 0 Å². The summed E-state index contributed by atoms with van der Waals surface area (Å²) in [5.41, 5.74) is 1.90. The van der Waals surface area contributed by atoms with Crippen LogP contribution in [0.1, 0.15) is 37.9 Å². The number of carbonyl (C=O) groups is 2. The molecule has 2 aromatic heterocycles. The van der Waals surface area contributed by atoms with E-state index in [0.717, 1.165) is 30.6 Å². The molecule has 150 valence electrons. The van der Waals surface area contributed by atoms with Crippen molar-refractivity contribution in [3.63, 3.8) is 0 Å². The van der Waals surface area contributed by atoms with Crippen molar-refractivity contribution >= 4 is 11.8 Å². The number of aromatic nitrogens is 3. The Labute approximate surface area is 166 Å². The molecule has 1 unspecified atom stereocenters. The molecule has 0 N–H and O–H groups in total. The standard InChI is InChI=1S/C21H29N5O2/c1-16(2)21(28)26(13-18-6-4-9-22-12-18)19-7-5-10-24(14-19)20(27)15-25-11-8-17(3)23-25/h4,6,8-9,11-12,16,19H,5,7,10,13-15H2,1-3H3. The third-order valence-corrected chi connectivity index (χ3v) is 5.11. The highest BCUT2D eigenvalue weighted by Gasteiger charge is 2.31. The van der Waals surface area contributed by atoms with Crippen molar-refractivity contribution in [3.8, 4) is 0 Å². The average Bonchev–Trinajstić information content (AvgIpc) is 3.11. The Bertz CT molecular complexity index is 802. The van der Waals surface area contributed by atoms with Gasteiger partial charge in [-0.15, -0.1) is 0 Å². The maximum atomic E-state index is 12.9. The molecule has 1 aliphatic rings. The summed E-state index contributed by atoms with van der Waals surface area (Å²) in [6.45, 7) is 7.81. The molecule has 2 amide bonds. The van der Waals surface area contributed by atoms with Crippen LogP contribution in [-0.4, -0.2) is 55.5 Å². The number of hydrogen-bond donors (Lipinski definition) is 0. The summed E-state index contributed by atoms with van der Waals surface area (Å²) in [6.07, 6.45) is 7.15. The van der Waals surface area contributed by atoms with Gasteiger partial charge in [0.05, 0.1) is 5.69 Å². The van der Waals surface area contributed by atoms with Gasteiger partial charge >= 0.3 is 0 Å². The van der Waals surface area contributed by atoms with E-state index in [9.17, 15) is 9.59 Å². The molecule has 28 heavy (non-hydrogen) atoms. The maximum absolute atomic E-state index is 12.9. The summed E-state index contributed by atoms with van der Waals surface area (Å²) >= 11 is 0. The Morgan fingerprint density at radius 2 is 2.14 bits per heavy atom. The van der Waals surface area contributed by atoms with E-state index in [-0.39, 0.29) is 30.3 Å². The first-order valence-corrected chi connectivity index (χ1v) is 9.91. The number of piperidine rings is 1. The van der Waals surface area contributed by atoms with Crippen molar-refractivity contribution in [3.05, 3.63) is 48.0 Å². The van der Waals surface area contributed by atoms with Gasteiger partial charge in [-0.3, -0.25) is 19.3 Å². The molecule has 3 heterocycles. The lowest BCUT2D eigenvalue weighted by atomic mass is 10.0.